The lowest BCUT2D eigenvalue weighted by Gasteiger charge is -2.04. The normalized spacial score (nSPS) is 18.3. The average Bonchev–Trinajstić information content (AvgIpc) is 2.49. The third kappa shape index (κ3) is 1.69. The Morgan fingerprint density at radius 3 is 2.67 bits per heavy atom. The molecule has 1 heterocycles. The maximum Gasteiger partial charge on any atom is 0.586 e. The van der Waals surface area contributed by atoms with Gasteiger partial charge in [0.25, 0.3) is 0 Å². The van der Waals surface area contributed by atoms with Crippen LogP contribution in [-0.4, -0.2) is 6.29 Å². The summed E-state index contributed by atoms with van der Waals surface area (Å²) in [4.78, 5) is 0. The maximum absolute atomic E-state index is 12.6. The predicted molar refractivity (Wildman–Crippen MR) is 45.2 cm³/mol. The number of halogens is 2. The third-order valence-electron chi connectivity index (χ3n) is 1.92. The van der Waals surface area contributed by atoms with E-state index in [9.17, 15) is 8.78 Å². The van der Waals surface area contributed by atoms with Gasteiger partial charge in [0.1, 0.15) is 6.04 Å². The first-order valence-corrected chi connectivity index (χ1v) is 4.07. The fourth-order valence-corrected chi connectivity index (χ4v) is 1.23. The summed E-state index contributed by atoms with van der Waals surface area (Å²) < 4.78 is 33.6. The summed E-state index contributed by atoms with van der Waals surface area (Å²) >= 11 is 0. The second kappa shape index (κ2) is 3.07. The van der Waals surface area contributed by atoms with Crippen molar-refractivity contribution < 1.29 is 18.3 Å². The molecule has 0 bridgehead atoms. The molecule has 1 aliphatic rings. The van der Waals surface area contributed by atoms with Gasteiger partial charge in [0, 0.05) is 0 Å². The number of benzene rings is 1. The van der Waals surface area contributed by atoms with Crippen molar-refractivity contribution in [2.24, 2.45) is 5.73 Å². The summed E-state index contributed by atoms with van der Waals surface area (Å²) in [7, 11) is 0. The Hall–Kier alpha value is -1.87. The molecule has 2 rings (SSSR count). The van der Waals surface area contributed by atoms with Gasteiger partial charge in [0.2, 0.25) is 0 Å². The first-order chi connectivity index (χ1) is 7.02. The molecule has 1 aromatic rings. The first kappa shape index (κ1) is 9.68. The molecule has 1 unspecified atom stereocenters. The number of alkyl halides is 2. The van der Waals surface area contributed by atoms with Crippen LogP contribution in [0.15, 0.2) is 18.2 Å². The highest BCUT2D eigenvalue weighted by molar-refractivity contribution is 5.46. The molecular formula is C9H6F2N2O2. The molecule has 4 nitrogen and oxygen atoms in total. The van der Waals surface area contributed by atoms with Crippen LogP contribution in [0.1, 0.15) is 11.6 Å². The van der Waals surface area contributed by atoms with E-state index < -0.39 is 12.3 Å². The van der Waals surface area contributed by atoms with Crippen LogP contribution in [0.5, 0.6) is 11.5 Å². The van der Waals surface area contributed by atoms with Crippen molar-refractivity contribution in [2.45, 2.75) is 12.3 Å². The maximum atomic E-state index is 12.6. The van der Waals surface area contributed by atoms with E-state index in [1.807, 2.05) is 0 Å². The van der Waals surface area contributed by atoms with Crippen molar-refractivity contribution in [1.29, 1.82) is 5.26 Å². The molecular weight excluding hydrogens is 206 g/mol. The number of hydrogen-bond acceptors (Lipinski definition) is 4. The van der Waals surface area contributed by atoms with Crippen molar-refractivity contribution in [1.82, 2.24) is 0 Å². The predicted octanol–water partition coefficient (Wildman–Crippen LogP) is 1.53. The summed E-state index contributed by atoms with van der Waals surface area (Å²) in [6.07, 6.45) is -3.64. The molecule has 2 N–H and O–H groups in total. The Morgan fingerprint density at radius 1 is 1.33 bits per heavy atom. The van der Waals surface area contributed by atoms with Gasteiger partial charge in [-0.3, -0.25) is 0 Å². The van der Waals surface area contributed by atoms with E-state index in [0.717, 1.165) is 0 Å². The minimum atomic E-state index is -3.64. The standard InChI is InChI=1S/C9H6F2N2O2/c10-9(11)14-7-2-1-5(6(13)4-12)3-8(7)15-9/h1-3,6H,13H2. The van der Waals surface area contributed by atoms with E-state index in [-0.39, 0.29) is 11.5 Å². The number of ether oxygens (including phenoxy) is 2. The zero-order valence-electron chi connectivity index (χ0n) is 7.41. The molecule has 0 saturated heterocycles. The zero-order chi connectivity index (χ0) is 11.1. The minimum absolute atomic E-state index is 0.0612. The van der Waals surface area contributed by atoms with Crippen molar-refractivity contribution in [3.8, 4) is 17.6 Å². The quantitative estimate of drug-likeness (QED) is 0.766. The molecule has 1 atom stereocenters. The fourth-order valence-electron chi connectivity index (χ4n) is 1.23. The van der Waals surface area contributed by atoms with E-state index in [4.69, 9.17) is 11.0 Å². The summed E-state index contributed by atoms with van der Waals surface area (Å²) in [6, 6.07) is 4.92. The molecule has 0 fully saturated rings. The number of rotatable bonds is 1. The molecule has 0 spiro atoms. The molecule has 15 heavy (non-hydrogen) atoms. The average molecular weight is 212 g/mol. The highest BCUT2D eigenvalue weighted by Gasteiger charge is 2.43. The van der Waals surface area contributed by atoms with Crippen LogP contribution in [-0.2, 0) is 0 Å². The van der Waals surface area contributed by atoms with Gasteiger partial charge in [-0.2, -0.15) is 5.26 Å². The van der Waals surface area contributed by atoms with Crippen LogP contribution < -0.4 is 15.2 Å². The van der Waals surface area contributed by atoms with Crippen molar-refractivity contribution >= 4 is 0 Å². The lowest BCUT2D eigenvalue weighted by atomic mass is 10.1. The molecule has 0 aliphatic carbocycles. The molecule has 1 aliphatic heterocycles. The molecule has 1 aromatic carbocycles. The van der Waals surface area contributed by atoms with E-state index in [2.05, 4.69) is 9.47 Å². The first-order valence-electron chi connectivity index (χ1n) is 4.07. The van der Waals surface area contributed by atoms with E-state index in [1.54, 1.807) is 6.07 Å². The topological polar surface area (TPSA) is 68.3 Å². The van der Waals surface area contributed by atoms with Gasteiger partial charge in [0.15, 0.2) is 11.5 Å². The van der Waals surface area contributed by atoms with Crippen LogP contribution in [0, 0.1) is 11.3 Å². The number of nitrogens with zero attached hydrogens (tertiary/aromatic N) is 1. The summed E-state index contributed by atoms with van der Waals surface area (Å²) in [5.74, 6) is -0.169. The Balaban J connectivity index is 2.35. The zero-order valence-corrected chi connectivity index (χ0v) is 7.41. The van der Waals surface area contributed by atoms with Gasteiger partial charge in [0.05, 0.1) is 6.07 Å². The summed E-state index contributed by atoms with van der Waals surface area (Å²) in [5, 5.41) is 8.54. The molecule has 78 valence electrons. The number of nitriles is 1. The number of hydrogen-bond donors (Lipinski definition) is 1. The SMILES string of the molecule is N#CC(N)c1ccc2c(c1)OC(F)(F)O2. The van der Waals surface area contributed by atoms with Crippen LogP contribution in [0.25, 0.3) is 0 Å². The molecule has 0 saturated carbocycles. The largest absolute Gasteiger partial charge is 0.586 e. The summed E-state index contributed by atoms with van der Waals surface area (Å²) in [5.41, 5.74) is 5.81. The smallest absolute Gasteiger partial charge is 0.395 e. The highest BCUT2D eigenvalue weighted by atomic mass is 19.3. The van der Waals surface area contributed by atoms with Crippen molar-refractivity contribution in [2.75, 3.05) is 0 Å². The van der Waals surface area contributed by atoms with Gasteiger partial charge < -0.3 is 15.2 Å². The molecule has 0 radical (unpaired) electrons. The van der Waals surface area contributed by atoms with Crippen LogP contribution in [0.3, 0.4) is 0 Å². The van der Waals surface area contributed by atoms with E-state index >= 15 is 0 Å². The second-order valence-corrected chi connectivity index (χ2v) is 2.98. The van der Waals surface area contributed by atoms with Crippen molar-refractivity contribution in [3.05, 3.63) is 23.8 Å². The monoisotopic (exact) mass is 212 g/mol. The molecule has 0 amide bonds. The lowest BCUT2D eigenvalue weighted by Crippen LogP contribution is -2.25. The van der Waals surface area contributed by atoms with Gasteiger partial charge in [-0.25, -0.2) is 0 Å². The lowest BCUT2D eigenvalue weighted by molar-refractivity contribution is -0.286. The van der Waals surface area contributed by atoms with Crippen LogP contribution in [0.4, 0.5) is 8.78 Å². The fraction of sp³-hybridized carbons (Fsp3) is 0.222. The minimum Gasteiger partial charge on any atom is -0.395 e. The highest BCUT2D eigenvalue weighted by Crippen LogP contribution is 2.41. The number of fused-ring (bicyclic) bond motifs is 1. The number of nitrogens with two attached hydrogens (primary N) is 1. The van der Waals surface area contributed by atoms with Gasteiger partial charge >= 0.3 is 6.29 Å². The van der Waals surface area contributed by atoms with E-state index in [1.165, 1.54) is 18.2 Å². The third-order valence-corrected chi connectivity index (χ3v) is 1.92. The Bertz CT molecular complexity index is 442. The van der Waals surface area contributed by atoms with Crippen LogP contribution >= 0.6 is 0 Å². The summed E-state index contributed by atoms with van der Waals surface area (Å²) in [6.45, 7) is 0. The van der Waals surface area contributed by atoms with Crippen LogP contribution in [0.2, 0.25) is 0 Å². The van der Waals surface area contributed by atoms with Crippen molar-refractivity contribution in [3.63, 3.8) is 0 Å². The van der Waals surface area contributed by atoms with Gasteiger partial charge in [-0.15, -0.1) is 8.78 Å². The van der Waals surface area contributed by atoms with E-state index in [0.29, 0.717) is 5.56 Å². The Kier molecular flexibility index (Phi) is 1.98. The van der Waals surface area contributed by atoms with Gasteiger partial charge in [-0.05, 0) is 17.7 Å². The Labute approximate surface area is 83.8 Å². The second-order valence-electron chi connectivity index (χ2n) is 2.98. The molecule has 0 aromatic heterocycles. The molecule has 6 heteroatoms. The van der Waals surface area contributed by atoms with Gasteiger partial charge in [-0.1, -0.05) is 6.07 Å². The Morgan fingerprint density at radius 2 is 2.00 bits per heavy atom.